The van der Waals surface area contributed by atoms with Crippen molar-refractivity contribution in [1.29, 1.82) is 0 Å². The Morgan fingerprint density at radius 3 is 2.50 bits per heavy atom. The fourth-order valence-electron chi connectivity index (χ4n) is 1.97. The molecule has 0 saturated heterocycles. The number of ether oxygens (including phenoxy) is 1. The first-order valence-electron chi connectivity index (χ1n) is 6.15. The first-order chi connectivity index (χ1) is 9.56. The Kier molecular flexibility index (Phi) is 4.25. The number of nitrogens with zero attached hydrogens (tertiary/aromatic N) is 1. The number of aryl methyl sites for hydroxylation is 1. The second-order valence-electron chi connectivity index (χ2n) is 4.22. The molecule has 0 aliphatic heterocycles. The van der Waals surface area contributed by atoms with Crippen LogP contribution >= 0.6 is 11.6 Å². The van der Waals surface area contributed by atoms with Crippen LogP contribution in [-0.4, -0.2) is 17.6 Å². The highest BCUT2D eigenvalue weighted by Crippen LogP contribution is 2.21. The third kappa shape index (κ3) is 2.75. The van der Waals surface area contributed by atoms with Crippen LogP contribution in [0.15, 0.2) is 41.3 Å². The quantitative estimate of drug-likeness (QED) is 0.817. The molecule has 1 aromatic heterocycles. The smallest absolute Gasteiger partial charge is 0.343 e. The molecule has 0 saturated carbocycles. The molecule has 0 unspecified atom stereocenters. The Morgan fingerprint density at radius 2 is 1.95 bits per heavy atom. The maximum Gasteiger partial charge on any atom is 0.343 e. The highest BCUT2D eigenvalue weighted by atomic mass is 35.5. The standard InChI is InChI=1S/C15H14ClNO3/c1-3-17-9-12(15(19)20-2)14(18)8-13(17)10-4-6-11(16)7-5-10/h4-9H,3H2,1-2H3. The van der Waals surface area contributed by atoms with E-state index in [0.717, 1.165) is 11.3 Å². The normalized spacial score (nSPS) is 10.3. The molecule has 5 heteroatoms. The molecule has 0 aliphatic carbocycles. The van der Waals surface area contributed by atoms with Gasteiger partial charge in [-0.15, -0.1) is 0 Å². The van der Waals surface area contributed by atoms with Crippen molar-refractivity contribution >= 4 is 17.6 Å². The van der Waals surface area contributed by atoms with Gasteiger partial charge >= 0.3 is 5.97 Å². The number of hydrogen-bond donors (Lipinski definition) is 0. The number of benzene rings is 1. The van der Waals surface area contributed by atoms with E-state index in [-0.39, 0.29) is 11.0 Å². The monoisotopic (exact) mass is 291 g/mol. The SMILES string of the molecule is CCn1cc(C(=O)OC)c(=O)cc1-c1ccc(Cl)cc1. The third-order valence-corrected chi connectivity index (χ3v) is 3.27. The van der Waals surface area contributed by atoms with E-state index in [4.69, 9.17) is 11.6 Å². The van der Waals surface area contributed by atoms with Gasteiger partial charge in [0.25, 0.3) is 0 Å². The lowest BCUT2D eigenvalue weighted by atomic mass is 10.1. The van der Waals surface area contributed by atoms with E-state index in [1.54, 1.807) is 12.1 Å². The number of carbonyl (C=O) groups is 1. The van der Waals surface area contributed by atoms with Gasteiger partial charge in [-0.05, 0) is 24.6 Å². The Balaban J connectivity index is 2.60. The van der Waals surface area contributed by atoms with Gasteiger partial charge in [-0.3, -0.25) is 4.79 Å². The summed E-state index contributed by atoms with van der Waals surface area (Å²) in [5.41, 5.74) is 1.28. The predicted molar refractivity (Wildman–Crippen MR) is 78.2 cm³/mol. The minimum Gasteiger partial charge on any atom is -0.465 e. The summed E-state index contributed by atoms with van der Waals surface area (Å²) in [7, 11) is 1.26. The number of esters is 1. The summed E-state index contributed by atoms with van der Waals surface area (Å²) in [6, 6.07) is 8.63. The topological polar surface area (TPSA) is 48.3 Å². The van der Waals surface area contributed by atoms with Crippen LogP contribution in [0.25, 0.3) is 11.3 Å². The van der Waals surface area contributed by atoms with Crippen LogP contribution < -0.4 is 5.43 Å². The highest BCUT2D eigenvalue weighted by molar-refractivity contribution is 6.30. The predicted octanol–water partition coefficient (Wildman–Crippen LogP) is 2.98. The second-order valence-corrected chi connectivity index (χ2v) is 4.66. The van der Waals surface area contributed by atoms with Crippen LogP contribution in [0.2, 0.25) is 5.02 Å². The van der Waals surface area contributed by atoms with Crippen molar-refractivity contribution in [1.82, 2.24) is 4.57 Å². The molecule has 0 radical (unpaired) electrons. The number of aromatic nitrogens is 1. The molecule has 0 aliphatic rings. The molecule has 0 fully saturated rings. The zero-order valence-electron chi connectivity index (χ0n) is 11.2. The van der Waals surface area contributed by atoms with Gasteiger partial charge in [-0.25, -0.2) is 4.79 Å². The molecule has 1 heterocycles. The first-order valence-corrected chi connectivity index (χ1v) is 6.53. The molecule has 2 rings (SSSR count). The maximum absolute atomic E-state index is 12.0. The molecular weight excluding hydrogens is 278 g/mol. The van der Waals surface area contributed by atoms with E-state index in [9.17, 15) is 9.59 Å². The van der Waals surface area contributed by atoms with Crippen LogP contribution in [-0.2, 0) is 11.3 Å². The third-order valence-electron chi connectivity index (χ3n) is 3.01. The van der Waals surface area contributed by atoms with Crippen molar-refractivity contribution in [2.24, 2.45) is 0 Å². The fraction of sp³-hybridized carbons (Fsp3) is 0.200. The molecule has 0 amide bonds. The first kappa shape index (κ1) is 14.3. The number of pyridine rings is 1. The molecule has 0 N–H and O–H groups in total. The van der Waals surface area contributed by atoms with E-state index >= 15 is 0 Å². The zero-order chi connectivity index (χ0) is 14.7. The highest BCUT2D eigenvalue weighted by Gasteiger charge is 2.14. The van der Waals surface area contributed by atoms with Crippen molar-refractivity contribution in [3.63, 3.8) is 0 Å². The summed E-state index contributed by atoms with van der Waals surface area (Å²) >= 11 is 5.86. The molecule has 0 bridgehead atoms. The van der Waals surface area contributed by atoms with Gasteiger partial charge in [0.15, 0.2) is 5.43 Å². The molecule has 1 aromatic carbocycles. The van der Waals surface area contributed by atoms with Gasteiger partial charge < -0.3 is 9.30 Å². The van der Waals surface area contributed by atoms with Gasteiger partial charge in [0.1, 0.15) is 5.56 Å². The Bertz CT molecular complexity index is 689. The number of methoxy groups -OCH3 is 1. The Morgan fingerprint density at radius 1 is 1.30 bits per heavy atom. The van der Waals surface area contributed by atoms with Crippen molar-refractivity contribution in [3.8, 4) is 11.3 Å². The summed E-state index contributed by atoms with van der Waals surface area (Å²) in [5, 5.41) is 0.630. The van der Waals surface area contributed by atoms with Crippen LogP contribution in [0.4, 0.5) is 0 Å². The van der Waals surface area contributed by atoms with Gasteiger partial charge in [0, 0.05) is 23.8 Å². The van der Waals surface area contributed by atoms with Gasteiger partial charge in [-0.2, -0.15) is 0 Å². The lowest BCUT2D eigenvalue weighted by Gasteiger charge is -2.13. The molecule has 4 nitrogen and oxygen atoms in total. The van der Waals surface area contributed by atoms with Crippen molar-refractivity contribution < 1.29 is 9.53 Å². The van der Waals surface area contributed by atoms with Crippen molar-refractivity contribution in [2.45, 2.75) is 13.5 Å². The number of halogens is 1. The van der Waals surface area contributed by atoms with E-state index in [2.05, 4.69) is 4.74 Å². The van der Waals surface area contributed by atoms with Crippen LogP contribution in [0, 0.1) is 0 Å². The number of hydrogen-bond acceptors (Lipinski definition) is 3. The van der Waals surface area contributed by atoms with Crippen LogP contribution in [0.3, 0.4) is 0 Å². The summed E-state index contributed by atoms with van der Waals surface area (Å²) < 4.78 is 6.44. The molecule has 2 aromatic rings. The lowest BCUT2D eigenvalue weighted by Crippen LogP contribution is -2.19. The Hall–Kier alpha value is -2.07. The van der Waals surface area contributed by atoms with Gasteiger partial charge in [0.2, 0.25) is 0 Å². The zero-order valence-corrected chi connectivity index (χ0v) is 12.0. The number of rotatable bonds is 3. The van der Waals surface area contributed by atoms with E-state index < -0.39 is 5.97 Å². The molecule has 20 heavy (non-hydrogen) atoms. The second kappa shape index (κ2) is 5.92. The van der Waals surface area contributed by atoms with Gasteiger partial charge in [-0.1, -0.05) is 23.7 Å². The molecular formula is C15H14ClNO3. The minimum atomic E-state index is -0.625. The Labute approximate surface area is 121 Å². The fourth-order valence-corrected chi connectivity index (χ4v) is 2.09. The van der Waals surface area contributed by atoms with Crippen LogP contribution in [0.1, 0.15) is 17.3 Å². The van der Waals surface area contributed by atoms with Crippen LogP contribution in [0.5, 0.6) is 0 Å². The van der Waals surface area contributed by atoms with Crippen molar-refractivity contribution in [3.05, 3.63) is 57.3 Å². The molecule has 0 spiro atoms. The largest absolute Gasteiger partial charge is 0.465 e. The molecule has 0 atom stereocenters. The van der Waals surface area contributed by atoms with E-state index in [0.29, 0.717) is 11.6 Å². The van der Waals surface area contributed by atoms with Gasteiger partial charge in [0.05, 0.1) is 12.8 Å². The summed E-state index contributed by atoms with van der Waals surface area (Å²) in [6.45, 7) is 2.56. The minimum absolute atomic E-state index is 0.0343. The summed E-state index contributed by atoms with van der Waals surface area (Å²) in [5.74, 6) is -0.625. The van der Waals surface area contributed by atoms with Crippen molar-refractivity contribution in [2.75, 3.05) is 7.11 Å². The average molecular weight is 292 g/mol. The lowest BCUT2D eigenvalue weighted by molar-refractivity contribution is 0.0598. The number of carbonyl (C=O) groups excluding carboxylic acids is 1. The van der Waals surface area contributed by atoms with E-state index in [1.807, 2.05) is 23.6 Å². The summed E-state index contributed by atoms with van der Waals surface area (Å²) in [6.07, 6.45) is 1.53. The van der Waals surface area contributed by atoms with E-state index in [1.165, 1.54) is 19.4 Å². The molecule has 104 valence electrons. The average Bonchev–Trinajstić information content (AvgIpc) is 2.47. The maximum atomic E-state index is 12.0. The summed E-state index contributed by atoms with van der Waals surface area (Å²) in [4.78, 5) is 23.6.